The molecule has 2 atom stereocenters. The van der Waals surface area contributed by atoms with Gasteiger partial charge in [0.2, 0.25) is 0 Å². The van der Waals surface area contributed by atoms with Gasteiger partial charge < -0.3 is 15.2 Å². The molecule has 0 bridgehead atoms. The van der Waals surface area contributed by atoms with E-state index in [2.05, 4.69) is 19.2 Å². The Kier molecular flexibility index (Phi) is 4.71. The van der Waals surface area contributed by atoms with Crippen LogP contribution in [0.3, 0.4) is 0 Å². The molecule has 3 nitrogen and oxygen atoms in total. The van der Waals surface area contributed by atoms with Gasteiger partial charge in [-0.3, -0.25) is 0 Å². The van der Waals surface area contributed by atoms with Crippen LogP contribution < -0.4 is 5.32 Å². The molecule has 1 aliphatic rings. The van der Waals surface area contributed by atoms with Crippen LogP contribution in [0, 0.1) is 5.92 Å². The van der Waals surface area contributed by atoms with E-state index in [1.54, 1.807) is 0 Å². The second-order valence-corrected chi connectivity index (χ2v) is 6.12. The predicted molar refractivity (Wildman–Crippen MR) is 78.7 cm³/mol. The molecule has 1 aliphatic heterocycles. The van der Waals surface area contributed by atoms with E-state index in [0.717, 1.165) is 18.5 Å². The fraction of sp³-hybridized carbons (Fsp3) is 0.600. The van der Waals surface area contributed by atoms with Gasteiger partial charge in [0.1, 0.15) is 0 Å². The molecule has 1 aromatic rings. The predicted octanol–water partition coefficient (Wildman–Crippen LogP) is 3.32. The number of halogens is 1. The van der Waals surface area contributed by atoms with E-state index in [9.17, 15) is 5.11 Å². The van der Waals surface area contributed by atoms with Crippen LogP contribution >= 0.6 is 11.6 Å². The van der Waals surface area contributed by atoms with Crippen molar-refractivity contribution < 1.29 is 9.84 Å². The number of hydrogen-bond acceptors (Lipinski definition) is 3. The van der Waals surface area contributed by atoms with Crippen LogP contribution in [-0.2, 0) is 4.74 Å². The minimum Gasteiger partial charge on any atom is -0.394 e. The highest BCUT2D eigenvalue weighted by Gasteiger charge is 2.37. The summed E-state index contributed by atoms with van der Waals surface area (Å²) in [5.74, 6) is 0.451. The van der Waals surface area contributed by atoms with Gasteiger partial charge in [0.25, 0.3) is 0 Å². The number of nitrogens with one attached hydrogen (secondary N) is 1. The van der Waals surface area contributed by atoms with Crippen molar-refractivity contribution >= 4 is 17.3 Å². The van der Waals surface area contributed by atoms with Gasteiger partial charge in [0, 0.05) is 17.3 Å². The fourth-order valence-corrected chi connectivity index (χ4v) is 2.74. The monoisotopic (exact) mass is 283 g/mol. The molecule has 2 rings (SSSR count). The van der Waals surface area contributed by atoms with Gasteiger partial charge in [0.15, 0.2) is 0 Å². The summed E-state index contributed by atoms with van der Waals surface area (Å²) >= 11 is 6.00. The molecule has 1 fully saturated rings. The molecule has 106 valence electrons. The van der Waals surface area contributed by atoms with E-state index in [1.807, 2.05) is 24.3 Å². The summed E-state index contributed by atoms with van der Waals surface area (Å²) in [7, 11) is 0. The average Bonchev–Trinajstić information content (AvgIpc) is 2.39. The second-order valence-electron chi connectivity index (χ2n) is 5.68. The number of benzene rings is 1. The zero-order chi connectivity index (χ0) is 13.9. The lowest BCUT2D eigenvalue weighted by molar-refractivity contribution is -0.0481. The highest BCUT2D eigenvalue weighted by Crippen LogP contribution is 2.32. The summed E-state index contributed by atoms with van der Waals surface area (Å²) in [6, 6.07) is 7.62. The summed E-state index contributed by atoms with van der Waals surface area (Å²) in [5.41, 5.74) is 0.642. The van der Waals surface area contributed by atoms with Crippen molar-refractivity contribution in [3.63, 3.8) is 0 Å². The van der Waals surface area contributed by atoms with Crippen LogP contribution in [0.25, 0.3) is 0 Å². The van der Waals surface area contributed by atoms with Gasteiger partial charge in [0.05, 0.1) is 18.2 Å². The van der Waals surface area contributed by atoms with Crippen LogP contribution in [-0.4, -0.2) is 30.0 Å². The second kappa shape index (κ2) is 6.12. The number of rotatable bonds is 4. The first-order valence-electron chi connectivity index (χ1n) is 6.81. The van der Waals surface area contributed by atoms with Gasteiger partial charge in [-0.1, -0.05) is 31.5 Å². The van der Waals surface area contributed by atoms with E-state index >= 15 is 0 Å². The van der Waals surface area contributed by atoms with Gasteiger partial charge in [-0.05, 0) is 37.0 Å². The molecule has 1 heterocycles. The third kappa shape index (κ3) is 3.62. The Balaban J connectivity index is 2.13. The van der Waals surface area contributed by atoms with Crippen LogP contribution in [0.15, 0.2) is 24.3 Å². The minimum atomic E-state index is -0.308. The third-order valence-electron chi connectivity index (χ3n) is 3.78. The molecule has 1 aromatic carbocycles. The van der Waals surface area contributed by atoms with Crippen LogP contribution in [0.2, 0.25) is 5.02 Å². The molecule has 2 unspecified atom stereocenters. The topological polar surface area (TPSA) is 41.5 Å². The number of anilines is 1. The van der Waals surface area contributed by atoms with Crippen LogP contribution in [0.5, 0.6) is 0 Å². The Morgan fingerprint density at radius 1 is 1.53 bits per heavy atom. The first kappa shape index (κ1) is 14.6. The first-order chi connectivity index (χ1) is 9.04. The van der Waals surface area contributed by atoms with Gasteiger partial charge >= 0.3 is 0 Å². The summed E-state index contributed by atoms with van der Waals surface area (Å²) in [5, 5.41) is 14.0. The molecular formula is C15H22ClNO2. The molecule has 1 saturated heterocycles. The number of aliphatic hydroxyl groups is 1. The Bertz CT molecular complexity index is 424. The van der Waals surface area contributed by atoms with Crippen molar-refractivity contribution in [3.8, 4) is 0 Å². The summed E-state index contributed by atoms with van der Waals surface area (Å²) in [4.78, 5) is 0. The molecule has 0 amide bonds. The molecule has 4 heteroatoms. The number of aliphatic hydroxyl groups excluding tert-OH is 1. The average molecular weight is 284 g/mol. The fourth-order valence-electron chi connectivity index (χ4n) is 2.55. The standard InChI is InChI=1S/C15H22ClNO2/c1-11(2)14-9-15(10-18,6-7-19-14)17-13-5-3-4-12(16)8-13/h3-5,8,11,14,17-18H,6-7,9-10H2,1-2H3. The van der Waals surface area contributed by atoms with Crippen molar-refractivity contribution in [1.82, 2.24) is 0 Å². The molecule has 0 spiro atoms. The van der Waals surface area contributed by atoms with Crippen molar-refractivity contribution in [2.45, 2.75) is 38.3 Å². The normalized spacial score (nSPS) is 27.5. The molecule has 0 radical (unpaired) electrons. The highest BCUT2D eigenvalue weighted by molar-refractivity contribution is 6.30. The largest absolute Gasteiger partial charge is 0.394 e. The van der Waals surface area contributed by atoms with E-state index in [4.69, 9.17) is 16.3 Å². The van der Waals surface area contributed by atoms with Gasteiger partial charge in [-0.2, -0.15) is 0 Å². The lowest BCUT2D eigenvalue weighted by Gasteiger charge is -2.42. The third-order valence-corrected chi connectivity index (χ3v) is 4.02. The van der Waals surface area contributed by atoms with Crippen molar-refractivity contribution in [3.05, 3.63) is 29.3 Å². The Labute approximate surface area is 119 Å². The molecule has 0 aliphatic carbocycles. The van der Waals surface area contributed by atoms with Crippen LogP contribution in [0.1, 0.15) is 26.7 Å². The maximum Gasteiger partial charge on any atom is 0.0663 e. The first-order valence-corrected chi connectivity index (χ1v) is 7.19. The lowest BCUT2D eigenvalue weighted by atomic mass is 9.83. The molecule has 0 saturated carbocycles. The van der Waals surface area contributed by atoms with Crippen molar-refractivity contribution in [2.75, 3.05) is 18.5 Å². The summed E-state index contributed by atoms with van der Waals surface area (Å²) < 4.78 is 5.78. The number of ether oxygens (including phenoxy) is 1. The van der Waals surface area contributed by atoms with Gasteiger partial charge in [-0.15, -0.1) is 0 Å². The van der Waals surface area contributed by atoms with Crippen molar-refractivity contribution in [1.29, 1.82) is 0 Å². The lowest BCUT2D eigenvalue weighted by Crippen LogP contribution is -2.51. The Morgan fingerprint density at radius 2 is 2.32 bits per heavy atom. The highest BCUT2D eigenvalue weighted by atomic mass is 35.5. The van der Waals surface area contributed by atoms with Gasteiger partial charge in [-0.25, -0.2) is 0 Å². The summed E-state index contributed by atoms with van der Waals surface area (Å²) in [6.07, 6.45) is 1.81. The summed E-state index contributed by atoms with van der Waals surface area (Å²) in [6.45, 7) is 5.08. The SMILES string of the molecule is CC(C)C1CC(CO)(Nc2cccc(Cl)c2)CCO1. The van der Waals surface area contributed by atoms with E-state index in [-0.39, 0.29) is 18.2 Å². The van der Waals surface area contributed by atoms with Crippen LogP contribution in [0.4, 0.5) is 5.69 Å². The smallest absolute Gasteiger partial charge is 0.0663 e. The van der Waals surface area contributed by atoms with E-state index in [0.29, 0.717) is 17.5 Å². The van der Waals surface area contributed by atoms with Crippen molar-refractivity contribution in [2.24, 2.45) is 5.92 Å². The molecule has 2 N–H and O–H groups in total. The zero-order valence-electron chi connectivity index (χ0n) is 11.5. The molecule has 0 aromatic heterocycles. The maximum absolute atomic E-state index is 9.82. The molecular weight excluding hydrogens is 262 g/mol. The Morgan fingerprint density at radius 3 is 2.95 bits per heavy atom. The van der Waals surface area contributed by atoms with E-state index in [1.165, 1.54) is 0 Å². The quantitative estimate of drug-likeness (QED) is 0.891. The molecule has 19 heavy (non-hydrogen) atoms. The minimum absolute atomic E-state index is 0.103. The zero-order valence-corrected chi connectivity index (χ0v) is 12.3. The van der Waals surface area contributed by atoms with E-state index < -0.39 is 0 Å². The maximum atomic E-state index is 9.82. The Hall–Kier alpha value is -0.770. The number of hydrogen-bond donors (Lipinski definition) is 2.